The van der Waals surface area contributed by atoms with Crippen molar-refractivity contribution in [1.82, 2.24) is 0 Å². The molecule has 0 aliphatic rings. The number of benzene rings is 1. The molecular weight excluding hydrogens is 249 g/mol. The molecule has 13 heavy (non-hydrogen) atoms. The molecule has 3 heteroatoms. The van der Waals surface area contributed by atoms with Crippen LogP contribution < -0.4 is 0 Å². The monoisotopic (exact) mass is 255 g/mol. The molecule has 1 aromatic carbocycles. The van der Waals surface area contributed by atoms with E-state index in [1.807, 2.05) is 30.3 Å². The van der Waals surface area contributed by atoms with Gasteiger partial charge in [0, 0.05) is 10.0 Å². The van der Waals surface area contributed by atoms with Gasteiger partial charge in [0.2, 0.25) is 0 Å². The zero-order chi connectivity index (χ0) is 9.68. The number of nitrogens with zero attached hydrogens (tertiary/aromatic N) is 1. The molecule has 0 saturated heterocycles. The molecule has 1 nitrogen and oxygen atoms in total. The van der Waals surface area contributed by atoms with Gasteiger partial charge in [-0.05, 0) is 23.8 Å². The second kappa shape index (κ2) is 5.06. The lowest BCUT2D eigenvalue weighted by Crippen LogP contribution is -1.80. The van der Waals surface area contributed by atoms with Crippen LogP contribution in [0.2, 0.25) is 0 Å². The summed E-state index contributed by atoms with van der Waals surface area (Å²) in [6.45, 7) is 0. The van der Waals surface area contributed by atoms with E-state index in [1.165, 1.54) is 0 Å². The molecule has 0 N–H and O–H groups in total. The summed E-state index contributed by atoms with van der Waals surface area (Å²) in [5.41, 5.74) is 1.55. The summed E-state index contributed by atoms with van der Waals surface area (Å²) >= 11 is 8.91. The van der Waals surface area contributed by atoms with Gasteiger partial charge in [0.1, 0.15) is 0 Å². The minimum Gasteiger partial charge on any atom is -0.193 e. The third-order valence-corrected chi connectivity index (χ3v) is 2.26. The number of hydrogen-bond donors (Lipinski definition) is 0. The number of hydrogen-bond acceptors (Lipinski definition) is 1. The average molecular weight is 257 g/mol. The standard InChI is InChI=1S/C10H7BrClN/c11-10-3-1-2-8(5-10)4-9(6-12)7-13/h1-5H,6H2/b9-4-. The van der Waals surface area contributed by atoms with Crippen LogP contribution in [-0.4, -0.2) is 5.88 Å². The van der Waals surface area contributed by atoms with Crippen molar-refractivity contribution in [2.75, 3.05) is 5.88 Å². The van der Waals surface area contributed by atoms with Gasteiger partial charge in [-0.15, -0.1) is 11.6 Å². The maximum absolute atomic E-state index is 8.64. The highest BCUT2D eigenvalue weighted by Gasteiger charge is 1.94. The van der Waals surface area contributed by atoms with Crippen molar-refractivity contribution >= 4 is 33.6 Å². The number of rotatable bonds is 2. The van der Waals surface area contributed by atoms with E-state index in [1.54, 1.807) is 6.08 Å². The topological polar surface area (TPSA) is 23.8 Å². The first kappa shape index (κ1) is 10.3. The van der Waals surface area contributed by atoms with Crippen molar-refractivity contribution in [1.29, 1.82) is 5.26 Å². The van der Waals surface area contributed by atoms with Crippen LogP contribution in [0.15, 0.2) is 34.3 Å². The van der Waals surface area contributed by atoms with Gasteiger partial charge >= 0.3 is 0 Å². The summed E-state index contributed by atoms with van der Waals surface area (Å²) in [7, 11) is 0. The predicted octanol–water partition coefficient (Wildman–Crippen LogP) is 3.59. The fourth-order valence-electron chi connectivity index (χ4n) is 0.898. The molecule has 66 valence electrons. The Hall–Kier alpha value is -0.780. The summed E-state index contributed by atoms with van der Waals surface area (Å²) in [6, 6.07) is 9.74. The molecule has 0 aliphatic carbocycles. The molecule has 0 heterocycles. The minimum atomic E-state index is 0.253. The van der Waals surface area contributed by atoms with E-state index < -0.39 is 0 Å². The maximum atomic E-state index is 8.64. The molecule has 0 saturated carbocycles. The second-order valence-corrected chi connectivity index (χ2v) is 3.65. The first-order valence-corrected chi connectivity index (χ1v) is 5.01. The first-order valence-electron chi connectivity index (χ1n) is 3.68. The lowest BCUT2D eigenvalue weighted by Gasteiger charge is -1.95. The van der Waals surface area contributed by atoms with Crippen molar-refractivity contribution in [2.24, 2.45) is 0 Å². The third-order valence-electron chi connectivity index (χ3n) is 1.48. The van der Waals surface area contributed by atoms with E-state index in [2.05, 4.69) is 15.9 Å². The number of allylic oxidation sites excluding steroid dienone is 1. The fraction of sp³-hybridized carbons (Fsp3) is 0.100. The van der Waals surface area contributed by atoms with Crippen LogP contribution in [-0.2, 0) is 0 Å². The molecule has 1 rings (SSSR count). The summed E-state index contributed by atoms with van der Waals surface area (Å²) in [6.07, 6.45) is 1.78. The summed E-state index contributed by atoms with van der Waals surface area (Å²) < 4.78 is 0.994. The fourth-order valence-corrected chi connectivity index (χ4v) is 1.45. The van der Waals surface area contributed by atoms with Crippen LogP contribution >= 0.6 is 27.5 Å². The van der Waals surface area contributed by atoms with Crippen molar-refractivity contribution in [3.63, 3.8) is 0 Å². The summed E-state index contributed by atoms with van der Waals surface area (Å²) in [5.74, 6) is 0.253. The molecule has 0 bridgehead atoms. The van der Waals surface area contributed by atoms with Crippen LogP contribution in [0.25, 0.3) is 6.08 Å². The Bertz CT molecular complexity index is 365. The molecule has 0 aliphatic heterocycles. The van der Waals surface area contributed by atoms with Crippen molar-refractivity contribution in [3.05, 3.63) is 39.9 Å². The molecule has 0 unspecified atom stereocenters. The predicted molar refractivity (Wildman–Crippen MR) is 58.5 cm³/mol. The van der Waals surface area contributed by atoms with Gasteiger partial charge in [0.05, 0.1) is 11.9 Å². The highest BCUT2D eigenvalue weighted by Crippen LogP contribution is 2.14. The van der Waals surface area contributed by atoms with Gasteiger partial charge in [-0.1, -0.05) is 28.1 Å². The number of alkyl halides is 1. The van der Waals surface area contributed by atoms with Crippen LogP contribution in [0, 0.1) is 11.3 Å². The normalized spacial score (nSPS) is 11.0. The maximum Gasteiger partial charge on any atom is 0.0960 e. The molecule has 0 amide bonds. The molecule has 1 aromatic rings. The highest BCUT2D eigenvalue weighted by molar-refractivity contribution is 9.10. The Labute approximate surface area is 90.8 Å². The Kier molecular flexibility index (Phi) is 4.01. The van der Waals surface area contributed by atoms with E-state index in [9.17, 15) is 0 Å². The van der Waals surface area contributed by atoms with Crippen molar-refractivity contribution in [2.45, 2.75) is 0 Å². The molecule has 0 fully saturated rings. The van der Waals surface area contributed by atoms with E-state index in [-0.39, 0.29) is 5.88 Å². The largest absolute Gasteiger partial charge is 0.193 e. The number of nitriles is 1. The molecule has 0 radical (unpaired) electrons. The van der Waals surface area contributed by atoms with Crippen molar-refractivity contribution in [3.8, 4) is 6.07 Å². The van der Waals surface area contributed by atoms with Gasteiger partial charge in [0.25, 0.3) is 0 Å². The van der Waals surface area contributed by atoms with Crippen LogP contribution in [0.5, 0.6) is 0 Å². The average Bonchev–Trinajstić information content (AvgIpc) is 2.14. The van der Waals surface area contributed by atoms with Gasteiger partial charge in [0.15, 0.2) is 0 Å². The summed E-state index contributed by atoms with van der Waals surface area (Å²) in [4.78, 5) is 0. The summed E-state index contributed by atoms with van der Waals surface area (Å²) in [5, 5.41) is 8.64. The Morgan fingerprint density at radius 1 is 1.62 bits per heavy atom. The molecular formula is C10H7BrClN. The van der Waals surface area contributed by atoms with Gasteiger partial charge in [-0.3, -0.25) is 0 Å². The van der Waals surface area contributed by atoms with E-state index in [0.717, 1.165) is 10.0 Å². The van der Waals surface area contributed by atoms with Crippen LogP contribution in [0.3, 0.4) is 0 Å². The van der Waals surface area contributed by atoms with Gasteiger partial charge in [-0.25, -0.2) is 0 Å². The van der Waals surface area contributed by atoms with Crippen LogP contribution in [0.4, 0.5) is 0 Å². The quantitative estimate of drug-likeness (QED) is 0.586. The van der Waals surface area contributed by atoms with Gasteiger partial charge in [-0.2, -0.15) is 5.26 Å². The van der Waals surface area contributed by atoms with E-state index in [4.69, 9.17) is 16.9 Å². The zero-order valence-corrected chi connectivity index (χ0v) is 9.14. The van der Waals surface area contributed by atoms with Crippen molar-refractivity contribution < 1.29 is 0 Å². The lowest BCUT2D eigenvalue weighted by atomic mass is 10.1. The third kappa shape index (κ3) is 3.22. The SMILES string of the molecule is N#C/C(=C\c1cccc(Br)c1)CCl. The lowest BCUT2D eigenvalue weighted by molar-refractivity contribution is 1.46. The van der Waals surface area contributed by atoms with Crippen LogP contribution in [0.1, 0.15) is 5.56 Å². The Morgan fingerprint density at radius 2 is 2.38 bits per heavy atom. The second-order valence-electron chi connectivity index (χ2n) is 2.47. The molecule has 0 aromatic heterocycles. The zero-order valence-electron chi connectivity index (χ0n) is 6.80. The van der Waals surface area contributed by atoms with E-state index in [0.29, 0.717) is 5.57 Å². The highest BCUT2D eigenvalue weighted by atomic mass is 79.9. The Balaban J connectivity index is 2.97. The molecule has 0 spiro atoms. The molecule has 0 atom stereocenters. The Morgan fingerprint density at radius 3 is 2.92 bits per heavy atom. The smallest absolute Gasteiger partial charge is 0.0960 e. The number of halogens is 2. The van der Waals surface area contributed by atoms with Gasteiger partial charge < -0.3 is 0 Å². The minimum absolute atomic E-state index is 0.253. The van der Waals surface area contributed by atoms with E-state index >= 15 is 0 Å². The first-order chi connectivity index (χ1) is 6.26.